The van der Waals surface area contributed by atoms with Crippen molar-refractivity contribution in [3.8, 4) is 0 Å². The predicted octanol–water partition coefficient (Wildman–Crippen LogP) is 1.50. The van der Waals surface area contributed by atoms with Gasteiger partial charge in [0.2, 0.25) is 0 Å². The monoisotopic (exact) mass is 347 g/mol. The van der Waals surface area contributed by atoms with Crippen molar-refractivity contribution >= 4 is 15.8 Å². The number of hydrogen-bond acceptors (Lipinski definition) is 3. The molecule has 0 aromatic heterocycles. The van der Waals surface area contributed by atoms with Crippen molar-refractivity contribution in [3.05, 3.63) is 35.4 Å². The van der Waals surface area contributed by atoms with E-state index in [0.29, 0.717) is 25.3 Å². The van der Waals surface area contributed by atoms with Gasteiger partial charge in [-0.2, -0.15) is 0 Å². The van der Waals surface area contributed by atoms with Crippen molar-refractivity contribution in [2.45, 2.75) is 25.8 Å². The Hall–Kier alpha value is -1.70. The Balaban J connectivity index is 2.44. The van der Waals surface area contributed by atoms with E-state index in [2.05, 4.69) is 15.6 Å². The van der Waals surface area contributed by atoms with E-state index in [9.17, 15) is 17.2 Å². The molecular formula is C15H23F2N3O2S. The van der Waals surface area contributed by atoms with Gasteiger partial charge in [0.05, 0.1) is 5.75 Å². The fourth-order valence-electron chi connectivity index (χ4n) is 1.94. The van der Waals surface area contributed by atoms with Gasteiger partial charge in [-0.3, -0.25) is 4.99 Å². The molecule has 0 aliphatic carbocycles. The Morgan fingerprint density at radius 3 is 2.65 bits per heavy atom. The maximum absolute atomic E-state index is 13.5. The minimum absolute atomic E-state index is 0.0816. The zero-order valence-corrected chi connectivity index (χ0v) is 14.4. The molecule has 0 radical (unpaired) electrons. The summed E-state index contributed by atoms with van der Waals surface area (Å²) in [4.78, 5) is 4.02. The van der Waals surface area contributed by atoms with Gasteiger partial charge < -0.3 is 10.6 Å². The fraction of sp³-hybridized carbons (Fsp3) is 0.533. The topological polar surface area (TPSA) is 70.6 Å². The predicted molar refractivity (Wildman–Crippen MR) is 88.3 cm³/mol. The van der Waals surface area contributed by atoms with Crippen LogP contribution >= 0.6 is 0 Å². The molecule has 1 rings (SSSR count). The third kappa shape index (κ3) is 7.92. The van der Waals surface area contributed by atoms with Crippen LogP contribution in [0, 0.1) is 11.6 Å². The second-order valence-electron chi connectivity index (χ2n) is 5.45. The zero-order valence-electron chi connectivity index (χ0n) is 13.6. The molecule has 130 valence electrons. The summed E-state index contributed by atoms with van der Waals surface area (Å²) in [5, 5.41) is 6.05. The van der Waals surface area contributed by atoms with Crippen LogP contribution in [0.15, 0.2) is 23.2 Å². The molecule has 1 atom stereocenters. The lowest BCUT2D eigenvalue weighted by atomic mass is 10.1. The maximum atomic E-state index is 13.5. The van der Waals surface area contributed by atoms with Gasteiger partial charge in [0.1, 0.15) is 21.5 Å². The number of sulfone groups is 1. The molecule has 1 unspecified atom stereocenters. The van der Waals surface area contributed by atoms with Crippen LogP contribution in [0.2, 0.25) is 0 Å². The molecule has 0 fully saturated rings. The van der Waals surface area contributed by atoms with Gasteiger partial charge in [-0.1, -0.05) is 0 Å². The van der Waals surface area contributed by atoms with Crippen LogP contribution in [0.25, 0.3) is 0 Å². The van der Waals surface area contributed by atoms with Crippen LogP contribution in [0.3, 0.4) is 0 Å². The number of aliphatic imine (C=N–C) groups is 1. The molecule has 0 bridgehead atoms. The minimum Gasteiger partial charge on any atom is -0.356 e. The number of guanidine groups is 1. The summed E-state index contributed by atoms with van der Waals surface area (Å²) in [5.41, 5.74) is 0.290. The van der Waals surface area contributed by atoms with Crippen molar-refractivity contribution in [2.24, 2.45) is 4.99 Å². The number of halogens is 2. The molecule has 5 nitrogen and oxygen atoms in total. The SMILES string of the molecule is CN=C(NCCc1cc(F)ccc1F)NC(C)CCS(C)(=O)=O. The highest BCUT2D eigenvalue weighted by Crippen LogP contribution is 2.09. The summed E-state index contributed by atoms with van der Waals surface area (Å²) in [7, 11) is -1.42. The van der Waals surface area contributed by atoms with Crippen molar-refractivity contribution in [1.29, 1.82) is 0 Å². The number of rotatable bonds is 7. The smallest absolute Gasteiger partial charge is 0.191 e. The van der Waals surface area contributed by atoms with E-state index in [-0.39, 0.29) is 17.4 Å². The second-order valence-corrected chi connectivity index (χ2v) is 7.71. The largest absolute Gasteiger partial charge is 0.356 e. The summed E-state index contributed by atoms with van der Waals surface area (Å²) in [6.07, 6.45) is 1.96. The maximum Gasteiger partial charge on any atom is 0.191 e. The first-order valence-corrected chi connectivity index (χ1v) is 9.36. The van der Waals surface area contributed by atoms with E-state index in [4.69, 9.17) is 0 Å². The van der Waals surface area contributed by atoms with Gasteiger partial charge in [0.25, 0.3) is 0 Å². The van der Waals surface area contributed by atoms with Gasteiger partial charge in [-0.25, -0.2) is 17.2 Å². The molecule has 0 saturated heterocycles. The second kappa shape index (κ2) is 8.81. The van der Waals surface area contributed by atoms with E-state index >= 15 is 0 Å². The summed E-state index contributed by atoms with van der Waals surface area (Å²) in [5.74, 6) is -0.342. The Bertz CT molecular complexity index is 648. The highest BCUT2D eigenvalue weighted by atomic mass is 32.2. The first-order valence-electron chi connectivity index (χ1n) is 7.30. The third-order valence-corrected chi connectivity index (χ3v) is 4.20. The molecule has 0 spiro atoms. The molecular weight excluding hydrogens is 324 g/mol. The quantitative estimate of drug-likeness (QED) is 0.579. The highest BCUT2D eigenvalue weighted by molar-refractivity contribution is 7.90. The molecule has 1 aromatic carbocycles. The van der Waals surface area contributed by atoms with E-state index in [1.807, 2.05) is 6.92 Å². The van der Waals surface area contributed by atoms with E-state index in [1.165, 1.54) is 12.3 Å². The Labute approximate surface area is 136 Å². The average Bonchev–Trinajstić information content (AvgIpc) is 2.47. The Morgan fingerprint density at radius 1 is 1.35 bits per heavy atom. The first-order chi connectivity index (χ1) is 10.7. The van der Waals surface area contributed by atoms with Crippen molar-refractivity contribution in [2.75, 3.05) is 25.6 Å². The summed E-state index contributed by atoms with van der Waals surface area (Å²) in [6.45, 7) is 2.23. The van der Waals surface area contributed by atoms with Gasteiger partial charge in [0.15, 0.2) is 5.96 Å². The number of benzene rings is 1. The van der Waals surface area contributed by atoms with Gasteiger partial charge >= 0.3 is 0 Å². The zero-order chi connectivity index (χ0) is 17.5. The fourth-order valence-corrected chi connectivity index (χ4v) is 2.72. The lowest BCUT2D eigenvalue weighted by Gasteiger charge is -2.17. The molecule has 0 aliphatic heterocycles. The van der Waals surface area contributed by atoms with Gasteiger partial charge in [-0.15, -0.1) is 0 Å². The Kier molecular flexibility index (Phi) is 7.41. The van der Waals surface area contributed by atoms with Crippen LogP contribution in [0.1, 0.15) is 18.9 Å². The molecule has 0 aliphatic rings. The van der Waals surface area contributed by atoms with Crippen molar-refractivity contribution in [3.63, 3.8) is 0 Å². The van der Waals surface area contributed by atoms with Crippen LogP contribution in [0.4, 0.5) is 8.78 Å². The van der Waals surface area contributed by atoms with Crippen LogP contribution in [0.5, 0.6) is 0 Å². The third-order valence-electron chi connectivity index (χ3n) is 3.22. The average molecular weight is 347 g/mol. The summed E-state index contributed by atoms with van der Waals surface area (Å²) < 4.78 is 48.9. The molecule has 1 aromatic rings. The first kappa shape index (κ1) is 19.3. The van der Waals surface area contributed by atoms with Crippen LogP contribution < -0.4 is 10.6 Å². The van der Waals surface area contributed by atoms with Crippen LogP contribution in [-0.4, -0.2) is 46.0 Å². The molecule has 0 heterocycles. The molecule has 0 amide bonds. The van der Waals surface area contributed by atoms with Gasteiger partial charge in [-0.05, 0) is 43.5 Å². The van der Waals surface area contributed by atoms with E-state index < -0.39 is 21.5 Å². The van der Waals surface area contributed by atoms with Crippen molar-refractivity contribution in [1.82, 2.24) is 10.6 Å². The Morgan fingerprint density at radius 2 is 2.04 bits per heavy atom. The number of hydrogen-bond donors (Lipinski definition) is 2. The molecule has 23 heavy (non-hydrogen) atoms. The van der Waals surface area contributed by atoms with Crippen LogP contribution in [-0.2, 0) is 16.3 Å². The highest BCUT2D eigenvalue weighted by Gasteiger charge is 2.10. The summed E-state index contributed by atoms with van der Waals surface area (Å²) in [6, 6.07) is 3.27. The minimum atomic E-state index is -3.00. The summed E-state index contributed by atoms with van der Waals surface area (Å²) >= 11 is 0. The number of nitrogens with one attached hydrogen (secondary N) is 2. The molecule has 0 saturated carbocycles. The lowest BCUT2D eigenvalue weighted by Crippen LogP contribution is -2.43. The van der Waals surface area contributed by atoms with Crippen molar-refractivity contribution < 1.29 is 17.2 Å². The van der Waals surface area contributed by atoms with E-state index in [0.717, 1.165) is 12.1 Å². The normalized spacial score (nSPS) is 13.7. The number of nitrogens with zero attached hydrogens (tertiary/aromatic N) is 1. The standard InChI is InChI=1S/C15H23F2N3O2S/c1-11(7-9-23(3,21)22)20-15(18-2)19-8-6-12-10-13(16)4-5-14(12)17/h4-5,10-11H,6-9H2,1-3H3,(H2,18,19,20). The van der Waals surface area contributed by atoms with Gasteiger partial charge in [0, 0.05) is 25.9 Å². The molecule has 8 heteroatoms. The lowest BCUT2D eigenvalue weighted by molar-refractivity contribution is 0.577. The van der Waals surface area contributed by atoms with E-state index in [1.54, 1.807) is 7.05 Å². The molecule has 2 N–H and O–H groups in total.